The van der Waals surface area contributed by atoms with Gasteiger partial charge in [-0.2, -0.15) is 11.8 Å². The van der Waals surface area contributed by atoms with Crippen molar-refractivity contribution < 1.29 is 72.9 Å². The van der Waals surface area contributed by atoms with Crippen LogP contribution < -0.4 is 54.4 Å². The van der Waals surface area contributed by atoms with Crippen LogP contribution in [-0.4, -0.2) is 195 Å². The van der Waals surface area contributed by atoms with Gasteiger partial charge in [0.25, 0.3) is 0 Å². The number of likely N-dealkylation sites (tertiary alicyclic amines) is 2. The van der Waals surface area contributed by atoms with Gasteiger partial charge in [0.2, 0.25) is 65.0 Å². The van der Waals surface area contributed by atoms with Gasteiger partial charge in [0.05, 0.1) is 25.8 Å². The average Bonchev–Trinajstić information content (AvgIpc) is 4.01. The van der Waals surface area contributed by atoms with Crippen LogP contribution >= 0.6 is 11.8 Å². The molecule has 11 amide bonds. The Hall–Kier alpha value is -6.13. The Morgan fingerprint density at radius 2 is 1.11 bits per heavy atom. The highest BCUT2D eigenvalue weighted by Crippen LogP contribution is 2.25. The molecular weight excluding hydrogens is 945 g/mol. The standard InChI is InChI=1S/C42H70N12O15S/c1-21(2)17-26(50-40(66)29-7-5-15-54(29)41(67)30-8-6-14-53(30)33(59)18-46-35(61)23(43)9-11-31(44)57)38(64)49-25(13-16-70-4)37(63)51-27(19-55)39(65)47-22(3)34(60)48-24(10-12-32(45)58)36(62)52-28(20-56)42(68)69/h21-30,55-56H,5-20,43H2,1-4H3,(H2,44,57)(H2,45,58)(H,46,61)(H,47,65)(H,48,60)(H,49,64)(H,50,66)(H,51,63)(H,52,62)(H,68,69)/t22-,23-,24-,25-,26-,27-,28-,29-,30-/m0/s1. The smallest absolute Gasteiger partial charge is 0.328 e. The highest BCUT2D eigenvalue weighted by atomic mass is 32.2. The molecule has 2 fully saturated rings. The topological polar surface area (TPSA) is 434 Å². The number of thioether (sulfide) groups is 1. The molecule has 2 rings (SSSR count). The summed E-state index contributed by atoms with van der Waals surface area (Å²) in [6.07, 6.45) is 2.42. The predicted octanol–water partition coefficient (Wildman–Crippen LogP) is -6.26. The molecule has 16 N–H and O–H groups in total. The molecule has 0 aliphatic carbocycles. The number of aliphatic hydroxyl groups is 2. The number of nitrogens with two attached hydrogens (primary N) is 3. The van der Waals surface area contributed by atoms with Crippen molar-refractivity contribution in [1.82, 2.24) is 47.0 Å². The third-order valence-electron chi connectivity index (χ3n) is 11.4. The summed E-state index contributed by atoms with van der Waals surface area (Å²) in [7, 11) is 0. The Labute approximate surface area is 409 Å². The minimum Gasteiger partial charge on any atom is -0.480 e. The lowest BCUT2D eigenvalue weighted by Crippen LogP contribution is -2.60. The number of amides is 11. The summed E-state index contributed by atoms with van der Waals surface area (Å²) in [6, 6.07) is -11.9. The molecule has 0 aromatic heterocycles. The second-order valence-corrected chi connectivity index (χ2v) is 18.4. The van der Waals surface area contributed by atoms with Gasteiger partial charge < -0.3 is 79.5 Å². The van der Waals surface area contributed by atoms with E-state index >= 15 is 0 Å². The first-order chi connectivity index (χ1) is 32.9. The summed E-state index contributed by atoms with van der Waals surface area (Å²) in [6.45, 7) is 2.78. The van der Waals surface area contributed by atoms with Gasteiger partial charge in [-0.15, -0.1) is 0 Å². The van der Waals surface area contributed by atoms with E-state index in [1.54, 1.807) is 20.1 Å². The highest BCUT2D eigenvalue weighted by Gasteiger charge is 2.43. The fraction of sp³-hybridized carbons (Fsp3) is 0.714. The molecule has 0 spiro atoms. The van der Waals surface area contributed by atoms with Crippen molar-refractivity contribution in [2.45, 2.75) is 139 Å². The van der Waals surface area contributed by atoms with Gasteiger partial charge in [-0.25, -0.2) is 4.79 Å². The second kappa shape index (κ2) is 29.8. The van der Waals surface area contributed by atoms with E-state index in [-0.39, 0.29) is 57.5 Å². The van der Waals surface area contributed by atoms with Crippen molar-refractivity contribution in [3.63, 3.8) is 0 Å². The molecule has 28 heteroatoms. The van der Waals surface area contributed by atoms with E-state index < -0.39 is 152 Å². The summed E-state index contributed by atoms with van der Waals surface area (Å²) in [5, 5.41) is 45.3. The fourth-order valence-corrected chi connectivity index (χ4v) is 8.02. The lowest BCUT2D eigenvalue weighted by molar-refractivity contribution is -0.147. The van der Waals surface area contributed by atoms with E-state index in [2.05, 4.69) is 31.9 Å². The number of primary amides is 2. The van der Waals surface area contributed by atoms with E-state index in [1.807, 2.05) is 5.32 Å². The summed E-state index contributed by atoms with van der Waals surface area (Å²) in [5.74, 6) is -10.0. The Morgan fingerprint density at radius 3 is 1.67 bits per heavy atom. The molecule has 0 saturated carbocycles. The van der Waals surface area contributed by atoms with Gasteiger partial charge in [-0.3, -0.25) is 52.7 Å². The molecule has 2 heterocycles. The monoisotopic (exact) mass is 1010 g/mol. The number of nitrogens with one attached hydrogen (secondary N) is 7. The summed E-state index contributed by atoms with van der Waals surface area (Å²) in [4.78, 5) is 157. The molecule has 0 radical (unpaired) electrons. The maximum Gasteiger partial charge on any atom is 0.328 e. The number of nitrogens with zero attached hydrogens (tertiary/aromatic N) is 2. The fourth-order valence-electron chi connectivity index (χ4n) is 7.54. The first kappa shape index (κ1) is 60.0. The molecule has 2 aliphatic rings. The minimum atomic E-state index is -1.74. The summed E-state index contributed by atoms with van der Waals surface area (Å²) < 4.78 is 0. The lowest BCUT2D eigenvalue weighted by atomic mass is 10.0. The highest BCUT2D eigenvalue weighted by molar-refractivity contribution is 7.98. The van der Waals surface area contributed by atoms with Gasteiger partial charge in [0.15, 0.2) is 0 Å². The maximum atomic E-state index is 14.0. The Kier molecular flexibility index (Phi) is 25.5. The quantitative estimate of drug-likeness (QED) is 0.0318. The number of rotatable bonds is 30. The zero-order valence-corrected chi connectivity index (χ0v) is 40.7. The van der Waals surface area contributed by atoms with E-state index in [4.69, 9.17) is 17.2 Å². The summed E-state index contributed by atoms with van der Waals surface area (Å²) in [5.41, 5.74) is 16.1. The molecule has 27 nitrogen and oxygen atoms in total. The molecule has 70 heavy (non-hydrogen) atoms. The Bertz CT molecular complexity index is 1910. The molecule has 0 unspecified atom stereocenters. The molecule has 2 aliphatic heterocycles. The van der Waals surface area contributed by atoms with Gasteiger partial charge in [-0.1, -0.05) is 13.8 Å². The van der Waals surface area contributed by atoms with Crippen LogP contribution in [0.2, 0.25) is 0 Å². The first-order valence-corrected chi connectivity index (χ1v) is 24.3. The van der Waals surface area contributed by atoms with Crippen molar-refractivity contribution in [3.05, 3.63) is 0 Å². The van der Waals surface area contributed by atoms with Crippen molar-refractivity contribution in [1.29, 1.82) is 0 Å². The zero-order chi connectivity index (χ0) is 52.8. The number of aliphatic hydroxyl groups excluding tert-OH is 2. The minimum absolute atomic E-state index is 0.0185. The molecular formula is C42H70N12O15S. The van der Waals surface area contributed by atoms with Crippen LogP contribution in [0.15, 0.2) is 0 Å². The molecule has 0 aromatic carbocycles. The lowest BCUT2D eigenvalue weighted by Gasteiger charge is -2.32. The Morgan fingerprint density at radius 1 is 0.614 bits per heavy atom. The van der Waals surface area contributed by atoms with Crippen LogP contribution in [0.4, 0.5) is 0 Å². The normalized spacial score (nSPS) is 18.5. The van der Waals surface area contributed by atoms with Gasteiger partial charge in [-0.05, 0) is 76.2 Å². The number of carboxylic acids is 1. The maximum absolute atomic E-state index is 14.0. The van der Waals surface area contributed by atoms with E-state index in [9.17, 15) is 72.9 Å². The van der Waals surface area contributed by atoms with Gasteiger partial charge in [0, 0.05) is 25.9 Å². The molecule has 9 atom stereocenters. The molecule has 0 aromatic rings. The number of hydrogen-bond acceptors (Lipinski definition) is 16. The van der Waals surface area contributed by atoms with E-state index in [0.29, 0.717) is 25.0 Å². The van der Waals surface area contributed by atoms with Crippen molar-refractivity contribution in [2.75, 3.05) is 44.9 Å². The first-order valence-electron chi connectivity index (χ1n) is 22.9. The number of carboxylic acid groups (broad SMARTS) is 1. The SMILES string of the molecule is CSCC[C@H](NC(=O)[C@H](CC(C)C)NC(=O)[C@@H]1CCCN1C(=O)[C@@H]1CCCN1C(=O)CNC(=O)[C@@H](N)CCC(N)=O)C(=O)N[C@@H](CO)C(=O)N[C@@H](C)C(=O)N[C@@H](CCC(N)=O)C(=O)N[C@@H](CO)C(=O)O. The number of carbonyl (C=O) groups excluding carboxylic acids is 11. The Balaban J connectivity index is 2.15. The number of hydrogen-bond donors (Lipinski definition) is 13. The molecule has 394 valence electrons. The van der Waals surface area contributed by atoms with Crippen molar-refractivity contribution in [3.8, 4) is 0 Å². The summed E-state index contributed by atoms with van der Waals surface area (Å²) >= 11 is 1.33. The predicted molar refractivity (Wildman–Crippen MR) is 249 cm³/mol. The van der Waals surface area contributed by atoms with Crippen molar-refractivity contribution in [2.24, 2.45) is 23.1 Å². The molecule has 0 bridgehead atoms. The van der Waals surface area contributed by atoms with Gasteiger partial charge >= 0.3 is 5.97 Å². The average molecular weight is 1020 g/mol. The number of aliphatic carboxylic acids is 1. The largest absolute Gasteiger partial charge is 0.480 e. The van der Waals surface area contributed by atoms with E-state index in [0.717, 1.165) is 0 Å². The third kappa shape index (κ3) is 19.3. The van der Waals surface area contributed by atoms with Gasteiger partial charge in [0.1, 0.15) is 48.3 Å². The molecule has 2 saturated heterocycles. The van der Waals surface area contributed by atoms with Crippen molar-refractivity contribution >= 4 is 82.7 Å². The number of carbonyl (C=O) groups is 12. The zero-order valence-electron chi connectivity index (χ0n) is 39.9. The van der Waals surface area contributed by atoms with Crippen LogP contribution in [0.25, 0.3) is 0 Å². The van der Waals surface area contributed by atoms with E-state index in [1.165, 1.54) is 28.5 Å². The van der Waals surface area contributed by atoms with Crippen LogP contribution in [0.3, 0.4) is 0 Å². The third-order valence-corrected chi connectivity index (χ3v) is 12.1. The van der Waals surface area contributed by atoms with Crippen LogP contribution in [-0.2, 0) is 57.5 Å². The van der Waals surface area contributed by atoms with Crippen LogP contribution in [0.1, 0.15) is 85.0 Å². The van der Waals surface area contributed by atoms with Crippen LogP contribution in [0, 0.1) is 5.92 Å². The van der Waals surface area contributed by atoms with Crippen LogP contribution in [0.5, 0.6) is 0 Å². The second-order valence-electron chi connectivity index (χ2n) is 17.4.